The van der Waals surface area contributed by atoms with E-state index in [0.29, 0.717) is 16.3 Å². The molecule has 2 unspecified atom stereocenters. The molecule has 10 heteroatoms. The molecular formula is C22H32ClN5O3S. The third-order valence-electron chi connectivity index (χ3n) is 5.54. The van der Waals surface area contributed by atoms with E-state index >= 15 is 0 Å². The Morgan fingerprint density at radius 3 is 2.38 bits per heavy atom. The van der Waals surface area contributed by atoms with Crippen molar-refractivity contribution in [3.63, 3.8) is 0 Å². The van der Waals surface area contributed by atoms with E-state index in [1.807, 2.05) is 46.7 Å². The van der Waals surface area contributed by atoms with Gasteiger partial charge in [-0.15, -0.1) is 0 Å². The molecule has 0 aliphatic rings. The van der Waals surface area contributed by atoms with Gasteiger partial charge in [0, 0.05) is 24.7 Å². The SMILES string of the molecule is CCC(c1cc(S(=O)(=O)NCC(C)c2cc(Cl)cc(C(C)C)c2N=C=O)nn1C)N(C)C. The van der Waals surface area contributed by atoms with Crippen LogP contribution in [0.4, 0.5) is 5.69 Å². The Balaban J connectivity index is 2.32. The topological polar surface area (TPSA) is 96.7 Å². The van der Waals surface area contributed by atoms with Crippen LogP contribution < -0.4 is 4.72 Å². The van der Waals surface area contributed by atoms with Gasteiger partial charge in [-0.05, 0) is 55.6 Å². The predicted molar refractivity (Wildman–Crippen MR) is 127 cm³/mol. The first kappa shape index (κ1) is 26.2. The van der Waals surface area contributed by atoms with E-state index < -0.39 is 10.0 Å². The van der Waals surface area contributed by atoms with Crippen molar-refractivity contribution in [2.24, 2.45) is 12.0 Å². The molecule has 1 aromatic carbocycles. The maximum absolute atomic E-state index is 13.0. The molecule has 0 saturated carbocycles. The van der Waals surface area contributed by atoms with Crippen molar-refractivity contribution in [1.29, 1.82) is 0 Å². The minimum Gasteiger partial charge on any atom is -0.301 e. The summed E-state index contributed by atoms with van der Waals surface area (Å²) in [5, 5.41) is 4.71. The van der Waals surface area contributed by atoms with Crippen molar-refractivity contribution in [2.75, 3.05) is 20.6 Å². The van der Waals surface area contributed by atoms with Crippen LogP contribution in [-0.4, -0.2) is 49.8 Å². The first-order valence-corrected chi connectivity index (χ1v) is 12.4. The number of halogens is 1. The largest absolute Gasteiger partial charge is 0.301 e. The van der Waals surface area contributed by atoms with E-state index in [9.17, 15) is 13.2 Å². The van der Waals surface area contributed by atoms with Gasteiger partial charge in [-0.25, -0.2) is 17.9 Å². The van der Waals surface area contributed by atoms with Crippen LogP contribution in [0.15, 0.2) is 28.2 Å². The highest BCUT2D eigenvalue weighted by molar-refractivity contribution is 7.89. The van der Waals surface area contributed by atoms with Gasteiger partial charge in [-0.2, -0.15) is 10.1 Å². The maximum atomic E-state index is 13.0. The van der Waals surface area contributed by atoms with Gasteiger partial charge in [0.2, 0.25) is 6.08 Å². The molecule has 0 bridgehead atoms. The number of benzene rings is 1. The van der Waals surface area contributed by atoms with E-state index in [0.717, 1.165) is 17.7 Å². The third-order valence-corrected chi connectivity index (χ3v) is 7.06. The summed E-state index contributed by atoms with van der Waals surface area (Å²) in [7, 11) is 1.81. The summed E-state index contributed by atoms with van der Waals surface area (Å²) < 4.78 is 30.2. The Labute approximate surface area is 195 Å². The molecule has 176 valence electrons. The van der Waals surface area contributed by atoms with Gasteiger partial charge in [0.15, 0.2) is 5.03 Å². The summed E-state index contributed by atoms with van der Waals surface area (Å²) in [5.41, 5.74) is 2.81. The fraction of sp³-hybridized carbons (Fsp3) is 0.545. The Kier molecular flexibility index (Phi) is 8.79. The van der Waals surface area contributed by atoms with Gasteiger partial charge >= 0.3 is 0 Å². The zero-order valence-corrected chi connectivity index (χ0v) is 21.3. The molecule has 0 aliphatic carbocycles. The number of aryl methyl sites for hydroxylation is 1. The molecule has 0 amide bonds. The minimum absolute atomic E-state index is 0.0254. The Morgan fingerprint density at radius 1 is 1.22 bits per heavy atom. The molecule has 0 fully saturated rings. The summed E-state index contributed by atoms with van der Waals surface area (Å²) in [5.74, 6) is -0.208. The molecular weight excluding hydrogens is 450 g/mol. The van der Waals surface area contributed by atoms with Crippen molar-refractivity contribution in [3.8, 4) is 0 Å². The summed E-state index contributed by atoms with van der Waals surface area (Å²) in [6.45, 7) is 7.94. The standard InChI is InChI=1S/C22H32ClN5O3S/c1-8-19(27(5)6)20-11-21(26-28(20)7)32(30,31)25-12-15(4)18-10-16(23)9-17(14(2)3)22(18)24-13-29/h9-11,14-15,19,25H,8,12H2,1-7H3. The van der Waals surface area contributed by atoms with Crippen LogP contribution >= 0.6 is 11.6 Å². The summed E-state index contributed by atoms with van der Waals surface area (Å²) >= 11 is 6.29. The van der Waals surface area contributed by atoms with Gasteiger partial charge in [-0.1, -0.05) is 39.3 Å². The molecule has 1 heterocycles. The number of nitrogens with one attached hydrogen (secondary N) is 1. The van der Waals surface area contributed by atoms with Gasteiger partial charge in [0.05, 0.1) is 17.4 Å². The van der Waals surface area contributed by atoms with E-state index in [1.165, 1.54) is 0 Å². The average Bonchev–Trinajstić information content (AvgIpc) is 3.09. The van der Waals surface area contributed by atoms with Gasteiger partial charge in [-0.3, -0.25) is 4.68 Å². The Bertz CT molecular complexity index is 1110. The second-order valence-electron chi connectivity index (χ2n) is 8.46. The van der Waals surface area contributed by atoms with Crippen molar-refractivity contribution in [3.05, 3.63) is 40.0 Å². The van der Waals surface area contributed by atoms with Crippen LogP contribution in [0.25, 0.3) is 0 Å². The zero-order valence-electron chi connectivity index (χ0n) is 19.7. The number of carbonyl (C=O) groups excluding carboxylic acids is 1. The molecule has 2 rings (SSSR count). The molecule has 1 N–H and O–H groups in total. The predicted octanol–water partition coefficient (Wildman–Crippen LogP) is 4.26. The lowest BCUT2D eigenvalue weighted by atomic mass is 9.92. The number of rotatable bonds is 10. The highest BCUT2D eigenvalue weighted by Gasteiger charge is 2.25. The van der Waals surface area contributed by atoms with Crippen LogP contribution in [0.1, 0.15) is 68.8 Å². The molecule has 0 saturated heterocycles. The van der Waals surface area contributed by atoms with Crippen molar-refractivity contribution in [1.82, 2.24) is 19.4 Å². The van der Waals surface area contributed by atoms with E-state index in [-0.39, 0.29) is 29.4 Å². The molecule has 1 aromatic heterocycles. The number of hydrogen-bond acceptors (Lipinski definition) is 6. The van der Waals surface area contributed by atoms with E-state index in [2.05, 4.69) is 14.8 Å². The second kappa shape index (κ2) is 10.7. The van der Waals surface area contributed by atoms with Crippen LogP contribution in [0.2, 0.25) is 5.02 Å². The van der Waals surface area contributed by atoms with Crippen molar-refractivity contribution in [2.45, 2.75) is 57.0 Å². The van der Waals surface area contributed by atoms with E-state index in [1.54, 1.807) is 36.0 Å². The second-order valence-corrected chi connectivity index (χ2v) is 10.6. The maximum Gasteiger partial charge on any atom is 0.259 e. The number of nitrogens with zero attached hydrogens (tertiary/aromatic N) is 4. The van der Waals surface area contributed by atoms with Gasteiger partial charge in [0.25, 0.3) is 10.0 Å². The molecule has 8 nitrogen and oxygen atoms in total. The minimum atomic E-state index is -3.84. The van der Waals surface area contributed by atoms with Gasteiger partial charge < -0.3 is 4.90 Å². The smallest absolute Gasteiger partial charge is 0.259 e. The lowest BCUT2D eigenvalue weighted by Crippen LogP contribution is -2.28. The van der Waals surface area contributed by atoms with Crippen molar-refractivity contribution < 1.29 is 13.2 Å². The van der Waals surface area contributed by atoms with Crippen LogP contribution in [-0.2, 0) is 21.9 Å². The highest BCUT2D eigenvalue weighted by Crippen LogP contribution is 2.37. The van der Waals surface area contributed by atoms with Crippen LogP contribution in [0.3, 0.4) is 0 Å². The van der Waals surface area contributed by atoms with Gasteiger partial charge in [0.1, 0.15) is 0 Å². The lowest BCUT2D eigenvalue weighted by Gasteiger charge is -2.22. The number of sulfonamides is 1. The first-order chi connectivity index (χ1) is 14.9. The fourth-order valence-electron chi connectivity index (χ4n) is 3.79. The molecule has 32 heavy (non-hydrogen) atoms. The normalized spacial score (nSPS) is 13.9. The molecule has 2 atom stereocenters. The lowest BCUT2D eigenvalue weighted by molar-refractivity contribution is 0.279. The molecule has 0 spiro atoms. The molecule has 0 aliphatic heterocycles. The quantitative estimate of drug-likeness (QED) is 0.404. The Hall–Kier alpha value is -2.03. The molecule has 0 radical (unpaired) electrons. The van der Waals surface area contributed by atoms with E-state index in [4.69, 9.17) is 11.6 Å². The number of isocyanates is 1. The third kappa shape index (κ3) is 5.85. The number of aliphatic imine (C=N–C) groups is 1. The zero-order chi connectivity index (χ0) is 24.2. The summed E-state index contributed by atoms with van der Waals surface area (Å²) in [6, 6.07) is 5.15. The number of hydrogen-bond donors (Lipinski definition) is 1. The van der Waals surface area contributed by atoms with Crippen molar-refractivity contribution >= 4 is 33.4 Å². The number of aromatic nitrogens is 2. The molecule has 2 aromatic rings. The fourth-order valence-corrected chi connectivity index (χ4v) is 5.15. The summed E-state index contributed by atoms with van der Waals surface area (Å²) in [6.07, 6.45) is 2.43. The first-order valence-electron chi connectivity index (χ1n) is 10.5. The average molecular weight is 482 g/mol. The monoisotopic (exact) mass is 481 g/mol. The summed E-state index contributed by atoms with van der Waals surface area (Å²) in [4.78, 5) is 16.9. The van der Waals surface area contributed by atoms with Crippen LogP contribution in [0, 0.1) is 0 Å². The van der Waals surface area contributed by atoms with Crippen LogP contribution in [0.5, 0.6) is 0 Å². The highest BCUT2D eigenvalue weighted by atomic mass is 35.5. The Morgan fingerprint density at radius 2 is 1.84 bits per heavy atom.